The maximum atomic E-state index is 12.2. The van der Waals surface area contributed by atoms with Crippen molar-refractivity contribution in [2.75, 3.05) is 26.7 Å². The van der Waals surface area contributed by atoms with Crippen LogP contribution in [0.2, 0.25) is 5.02 Å². The van der Waals surface area contributed by atoms with Gasteiger partial charge in [0, 0.05) is 48.1 Å². The van der Waals surface area contributed by atoms with Gasteiger partial charge in [0.05, 0.1) is 12.8 Å². The van der Waals surface area contributed by atoms with E-state index in [0.717, 1.165) is 60.6 Å². The van der Waals surface area contributed by atoms with E-state index in [1.165, 1.54) is 34.9 Å². The van der Waals surface area contributed by atoms with Crippen LogP contribution in [-0.4, -0.2) is 47.7 Å². The highest BCUT2D eigenvalue weighted by Crippen LogP contribution is 2.39. The summed E-state index contributed by atoms with van der Waals surface area (Å²) in [4.78, 5) is 19.4. The van der Waals surface area contributed by atoms with Gasteiger partial charge in [-0.2, -0.15) is 0 Å². The molecule has 198 valence electrons. The van der Waals surface area contributed by atoms with Crippen LogP contribution in [0.3, 0.4) is 0 Å². The van der Waals surface area contributed by atoms with Crippen LogP contribution in [0.5, 0.6) is 11.5 Å². The molecule has 0 unspecified atom stereocenters. The Morgan fingerprint density at radius 1 is 1.08 bits per heavy atom. The van der Waals surface area contributed by atoms with E-state index in [-0.39, 0.29) is 11.7 Å². The normalized spacial score (nSPS) is 18.4. The first kappa shape index (κ1) is 25.4. The molecule has 3 heterocycles. The monoisotopic (exact) mass is 540 g/mol. The average molecular weight is 541 g/mol. The summed E-state index contributed by atoms with van der Waals surface area (Å²) in [5.41, 5.74) is 9.20. The molecule has 1 saturated heterocycles. The molecule has 1 aromatic heterocycles. The third-order valence-corrected chi connectivity index (χ3v) is 7.89. The number of carbonyl (C=O) groups excluding carboxylic acids is 1. The molecule has 0 amide bonds. The highest BCUT2D eigenvalue weighted by Gasteiger charge is 2.27. The van der Waals surface area contributed by atoms with Crippen LogP contribution >= 0.6 is 11.6 Å². The molecule has 3 aliphatic rings. The van der Waals surface area contributed by atoms with Gasteiger partial charge in [0.15, 0.2) is 11.5 Å². The van der Waals surface area contributed by atoms with Crippen LogP contribution in [0.25, 0.3) is 11.6 Å². The minimum absolute atomic E-state index is 0.0642. The Labute approximate surface area is 232 Å². The predicted molar refractivity (Wildman–Crippen MR) is 152 cm³/mol. The summed E-state index contributed by atoms with van der Waals surface area (Å²) in [6.45, 7) is 2.36. The van der Waals surface area contributed by atoms with Crippen molar-refractivity contribution in [1.82, 2.24) is 9.88 Å². The van der Waals surface area contributed by atoms with Gasteiger partial charge >= 0.3 is 5.97 Å². The molecule has 0 saturated carbocycles. The second kappa shape index (κ2) is 10.7. The quantitative estimate of drug-likeness (QED) is 0.411. The maximum Gasteiger partial charge on any atom is 0.336 e. The van der Waals surface area contributed by atoms with Gasteiger partial charge < -0.3 is 14.6 Å². The summed E-state index contributed by atoms with van der Waals surface area (Å²) in [5, 5.41) is 10.7. The number of carbonyl (C=O) groups is 1. The Hall–Kier alpha value is -3.87. The topological polar surface area (TPSA) is 71.9 Å². The van der Waals surface area contributed by atoms with Gasteiger partial charge in [0.2, 0.25) is 0 Å². The zero-order valence-corrected chi connectivity index (χ0v) is 22.5. The van der Waals surface area contributed by atoms with Gasteiger partial charge in [0.1, 0.15) is 5.76 Å². The van der Waals surface area contributed by atoms with E-state index in [4.69, 9.17) is 26.1 Å². The Morgan fingerprint density at radius 3 is 2.72 bits per heavy atom. The number of phenolic OH excluding ortho intramolecular Hbond substituents is 1. The van der Waals surface area contributed by atoms with E-state index in [0.29, 0.717) is 18.1 Å². The van der Waals surface area contributed by atoms with Crippen molar-refractivity contribution in [3.8, 4) is 11.5 Å². The van der Waals surface area contributed by atoms with Crippen molar-refractivity contribution in [3.63, 3.8) is 0 Å². The maximum absolute atomic E-state index is 12.2. The Morgan fingerprint density at radius 2 is 1.90 bits per heavy atom. The van der Waals surface area contributed by atoms with Crippen molar-refractivity contribution in [2.45, 2.75) is 25.7 Å². The van der Waals surface area contributed by atoms with Crippen molar-refractivity contribution in [3.05, 3.63) is 111 Å². The molecular weight excluding hydrogens is 512 g/mol. The number of methoxy groups -OCH3 is 1. The molecule has 6 rings (SSSR count). The zero-order valence-electron chi connectivity index (χ0n) is 21.7. The highest BCUT2D eigenvalue weighted by atomic mass is 35.5. The number of benzene rings is 2. The van der Waals surface area contributed by atoms with Crippen molar-refractivity contribution < 1.29 is 19.4 Å². The van der Waals surface area contributed by atoms with E-state index in [2.05, 4.69) is 23.1 Å². The lowest BCUT2D eigenvalue weighted by Crippen LogP contribution is -2.33. The molecular formula is C32H29ClN2O4. The van der Waals surface area contributed by atoms with E-state index in [1.54, 1.807) is 24.3 Å². The standard InChI is InChI=1S/C32H29ClN2O4/c1-38-29-16-20(4-9-27(29)36)15-28-24(18-30(37)39-28)19-35-13-10-21(11-14-35)31-26-8-7-25(33)17-23(26)6-5-22-3-2-12-34-32(22)31/h2-4,7-9,12,15-18,36H,5-6,10-11,13-14,19H2,1H3/b28-15-. The SMILES string of the molecule is COc1cc(/C=C2\OC(=O)C=C2CN2CCC(=C3c4ccc(Cl)cc4CCc4cccnc43)CC2)ccc1O. The number of hydrogen-bond acceptors (Lipinski definition) is 6. The van der Waals surface area contributed by atoms with Gasteiger partial charge in [-0.1, -0.05) is 35.4 Å². The number of phenols is 1. The summed E-state index contributed by atoms with van der Waals surface area (Å²) >= 11 is 6.37. The second-order valence-electron chi connectivity index (χ2n) is 10.1. The number of hydrogen-bond donors (Lipinski definition) is 1. The number of fused-ring (bicyclic) bond motifs is 2. The van der Waals surface area contributed by atoms with E-state index in [1.807, 2.05) is 24.4 Å². The summed E-state index contributed by atoms with van der Waals surface area (Å²) in [6.07, 6.45) is 9.00. The summed E-state index contributed by atoms with van der Waals surface area (Å²) in [5.74, 6) is 0.603. The van der Waals surface area contributed by atoms with Crippen LogP contribution < -0.4 is 4.74 Å². The Balaban J connectivity index is 1.24. The molecule has 2 aliphatic heterocycles. The number of ether oxygens (including phenoxy) is 2. The van der Waals surface area contributed by atoms with E-state index < -0.39 is 0 Å². The lowest BCUT2D eigenvalue weighted by molar-refractivity contribution is -0.132. The number of nitrogens with zero attached hydrogens (tertiary/aromatic N) is 2. The number of esters is 1. The largest absolute Gasteiger partial charge is 0.504 e. The Kier molecular flexibility index (Phi) is 6.98. The number of aromatic hydroxyl groups is 1. The lowest BCUT2D eigenvalue weighted by Gasteiger charge is -2.30. The molecule has 1 N–H and O–H groups in total. The van der Waals surface area contributed by atoms with Gasteiger partial charge in [-0.3, -0.25) is 9.88 Å². The van der Waals surface area contributed by atoms with Gasteiger partial charge in [-0.25, -0.2) is 4.79 Å². The molecule has 2 aromatic carbocycles. The third kappa shape index (κ3) is 5.22. The summed E-state index contributed by atoms with van der Waals surface area (Å²) in [7, 11) is 1.50. The molecule has 0 atom stereocenters. The van der Waals surface area contributed by atoms with Gasteiger partial charge in [-0.15, -0.1) is 0 Å². The zero-order chi connectivity index (χ0) is 26.9. The second-order valence-corrected chi connectivity index (χ2v) is 10.5. The number of pyridine rings is 1. The smallest absolute Gasteiger partial charge is 0.336 e. The third-order valence-electron chi connectivity index (χ3n) is 7.66. The molecule has 1 fully saturated rings. The highest BCUT2D eigenvalue weighted by molar-refractivity contribution is 6.30. The van der Waals surface area contributed by atoms with E-state index >= 15 is 0 Å². The molecule has 0 radical (unpaired) electrons. The van der Waals surface area contributed by atoms with Crippen LogP contribution in [0, 0.1) is 0 Å². The Bertz CT molecular complexity index is 1550. The van der Waals surface area contributed by atoms with Crippen molar-refractivity contribution >= 4 is 29.2 Å². The van der Waals surface area contributed by atoms with Gasteiger partial charge in [-0.05, 0) is 84.3 Å². The van der Waals surface area contributed by atoms with Crippen LogP contribution in [0.1, 0.15) is 40.8 Å². The average Bonchev–Trinajstić information content (AvgIpc) is 3.19. The van der Waals surface area contributed by atoms with Crippen molar-refractivity contribution in [2.24, 2.45) is 0 Å². The first-order valence-electron chi connectivity index (χ1n) is 13.2. The summed E-state index contributed by atoms with van der Waals surface area (Å²) in [6, 6.07) is 15.5. The van der Waals surface area contributed by atoms with Crippen molar-refractivity contribution in [1.29, 1.82) is 0 Å². The molecule has 7 heteroatoms. The molecule has 39 heavy (non-hydrogen) atoms. The molecule has 0 spiro atoms. The molecule has 6 nitrogen and oxygen atoms in total. The first-order chi connectivity index (χ1) is 19.0. The summed E-state index contributed by atoms with van der Waals surface area (Å²) < 4.78 is 10.7. The van der Waals surface area contributed by atoms with Crippen LogP contribution in [-0.2, 0) is 22.4 Å². The number of cyclic esters (lactones) is 1. The fraction of sp³-hybridized carbons (Fsp3) is 0.250. The number of aromatic nitrogens is 1. The minimum atomic E-state index is -0.363. The fourth-order valence-electron chi connectivity index (χ4n) is 5.70. The fourth-order valence-corrected chi connectivity index (χ4v) is 5.90. The van der Waals surface area contributed by atoms with Gasteiger partial charge in [0.25, 0.3) is 0 Å². The predicted octanol–water partition coefficient (Wildman–Crippen LogP) is 5.97. The number of likely N-dealkylation sites (tertiary alicyclic amines) is 1. The first-order valence-corrected chi connectivity index (χ1v) is 13.5. The number of piperidine rings is 1. The number of halogens is 1. The van der Waals surface area contributed by atoms with Crippen LogP contribution in [0.15, 0.2) is 77.7 Å². The molecule has 1 aliphatic carbocycles. The number of rotatable bonds is 4. The van der Waals surface area contributed by atoms with E-state index in [9.17, 15) is 9.90 Å². The number of aryl methyl sites for hydroxylation is 2. The van der Waals surface area contributed by atoms with Crippen LogP contribution in [0.4, 0.5) is 0 Å². The molecule has 3 aromatic rings. The lowest BCUT2D eigenvalue weighted by atomic mass is 9.88. The minimum Gasteiger partial charge on any atom is -0.504 e. The molecule has 0 bridgehead atoms.